The maximum atomic E-state index is 12.9. The van der Waals surface area contributed by atoms with Crippen molar-refractivity contribution in [1.29, 1.82) is 0 Å². The number of hydrogen-bond donors (Lipinski definition) is 0. The Bertz CT molecular complexity index is 523. The predicted octanol–water partition coefficient (Wildman–Crippen LogP) is 6.32. The summed E-state index contributed by atoms with van der Waals surface area (Å²) >= 11 is 3.31. The minimum absolute atomic E-state index is 0.0894. The molecular weight excluding hydrogens is 346 g/mol. The van der Waals surface area contributed by atoms with Crippen LogP contribution in [0.4, 0.5) is 8.78 Å². The summed E-state index contributed by atoms with van der Waals surface area (Å²) in [5.41, 5.74) is 2.04. The lowest BCUT2D eigenvalue weighted by molar-refractivity contribution is 0.608. The third kappa shape index (κ3) is 7.69. The fraction of sp³-hybridized carbons (Fsp3) is 0.368. The molecule has 0 aliphatic heterocycles. The number of alkyl halides is 1. The van der Waals surface area contributed by atoms with Crippen LogP contribution < -0.4 is 0 Å². The topological polar surface area (TPSA) is 0 Å². The molecule has 0 amide bonds. The molecule has 0 radical (unpaired) electrons. The lowest BCUT2D eigenvalue weighted by Gasteiger charge is -1.99. The zero-order valence-corrected chi connectivity index (χ0v) is 14.6. The van der Waals surface area contributed by atoms with Crippen molar-refractivity contribution in [2.24, 2.45) is 0 Å². The average Bonchev–Trinajstić information content (AvgIpc) is 2.54. The van der Waals surface area contributed by atoms with Crippen LogP contribution in [0, 0.1) is 11.6 Å². The summed E-state index contributed by atoms with van der Waals surface area (Å²) in [4.78, 5) is 0. The van der Waals surface area contributed by atoms with Gasteiger partial charge in [0.25, 0.3) is 0 Å². The van der Waals surface area contributed by atoms with Gasteiger partial charge in [-0.2, -0.15) is 0 Å². The van der Waals surface area contributed by atoms with Gasteiger partial charge in [-0.25, -0.2) is 8.78 Å². The minimum atomic E-state index is -0.148. The van der Waals surface area contributed by atoms with Crippen LogP contribution in [0.3, 0.4) is 0 Å². The molecule has 0 spiro atoms. The molecule has 0 unspecified atom stereocenters. The van der Waals surface area contributed by atoms with Crippen molar-refractivity contribution < 1.29 is 8.78 Å². The normalized spacial score (nSPS) is 10.0. The van der Waals surface area contributed by atoms with Crippen molar-refractivity contribution in [3.63, 3.8) is 0 Å². The second-order valence-corrected chi connectivity index (χ2v) is 5.91. The van der Waals surface area contributed by atoms with Gasteiger partial charge in [0, 0.05) is 5.33 Å². The van der Waals surface area contributed by atoms with Gasteiger partial charge >= 0.3 is 0 Å². The van der Waals surface area contributed by atoms with Gasteiger partial charge in [-0.15, -0.1) is 0 Å². The Morgan fingerprint density at radius 3 is 2.14 bits per heavy atom. The van der Waals surface area contributed by atoms with Crippen LogP contribution in [0.2, 0.25) is 0 Å². The third-order valence-electron chi connectivity index (χ3n) is 3.27. The van der Waals surface area contributed by atoms with Gasteiger partial charge in [-0.3, -0.25) is 0 Å². The first kappa shape index (κ1) is 18.8. The molecule has 120 valence electrons. The molecule has 0 saturated heterocycles. The molecule has 0 heterocycles. The minimum Gasteiger partial charge on any atom is -0.207 e. The molecule has 22 heavy (non-hydrogen) atoms. The van der Waals surface area contributed by atoms with Gasteiger partial charge in [-0.1, -0.05) is 59.6 Å². The molecule has 2 rings (SSSR count). The summed E-state index contributed by atoms with van der Waals surface area (Å²) in [5, 5.41) is 0.932. The molecular formula is C19H23BrF2. The van der Waals surface area contributed by atoms with Crippen molar-refractivity contribution in [3.8, 4) is 0 Å². The first-order valence-electron chi connectivity index (χ1n) is 7.71. The summed E-state index contributed by atoms with van der Waals surface area (Å²) in [7, 11) is 0. The molecule has 0 atom stereocenters. The van der Waals surface area contributed by atoms with Crippen molar-refractivity contribution in [1.82, 2.24) is 0 Å². The molecule has 0 aliphatic carbocycles. The first-order valence-corrected chi connectivity index (χ1v) is 8.83. The van der Waals surface area contributed by atoms with Crippen LogP contribution in [0.5, 0.6) is 0 Å². The van der Waals surface area contributed by atoms with Crippen molar-refractivity contribution in [2.75, 3.05) is 5.33 Å². The molecule has 2 aromatic carbocycles. The van der Waals surface area contributed by atoms with Crippen LogP contribution in [-0.4, -0.2) is 5.33 Å². The van der Waals surface area contributed by atoms with E-state index < -0.39 is 0 Å². The maximum absolute atomic E-state index is 12.9. The summed E-state index contributed by atoms with van der Waals surface area (Å²) in [6.45, 7) is 2.16. The number of aryl methyl sites for hydroxylation is 2. The van der Waals surface area contributed by atoms with E-state index in [9.17, 15) is 8.78 Å². The SMILES string of the molecule is CCCCc1ccc(F)cc1.Fc1ccccc1CCCBr. The van der Waals surface area contributed by atoms with Gasteiger partial charge in [0.15, 0.2) is 0 Å². The van der Waals surface area contributed by atoms with E-state index >= 15 is 0 Å². The molecule has 0 aliphatic rings. The molecule has 0 nitrogen and oxygen atoms in total. The van der Waals surface area contributed by atoms with E-state index in [2.05, 4.69) is 22.9 Å². The lowest BCUT2D eigenvalue weighted by Crippen LogP contribution is -1.89. The van der Waals surface area contributed by atoms with Crippen molar-refractivity contribution in [2.45, 2.75) is 39.0 Å². The van der Waals surface area contributed by atoms with E-state index in [0.29, 0.717) is 0 Å². The van der Waals surface area contributed by atoms with E-state index in [1.807, 2.05) is 24.3 Å². The number of halogens is 3. The molecule has 2 aromatic rings. The highest BCUT2D eigenvalue weighted by Crippen LogP contribution is 2.09. The van der Waals surface area contributed by atoms with Gasteiger partial charge in [0.1, 0.15) is 11.6 Å². The van der Waals surface area contributed by atoms with Crippen LogP contribution in [0.15, 0.2) is 48.5 Å². The predicted molar refractivity (Wildman–Crippen MR) is 93.5 cm³/mol. The number of benzene rings is 2. The second kappa shape index (κ2) is 11.4. The smallest absolute Gasteiger partial charge is 0.126 e. The lowest BCUT2D eigenvalue weighted by atomic mass is 10.1. The standard InChI is InChI=1S/C10H13F.C9H10BrF/c1-2-3-4-9-5-7-10(11)8-6-9;10-7-3-5-8-4-1-2-6-9(8)11/h5-8H,2-4H2,1H3;1-2,4,6H,3,5,7H2. The number of unbranched alkanes of at least 4 members (excludes halogenated alkanes) is 1. The van der Waals surface area contributed by atoms with Crippen LogP contribution in [0.1, 0.15) is 37.3 Å². The van der Waals surface area contributed by atoms with Gasteiger partial charge in [0.2, 0.25) is 0 Å². The van der Waals surface area contributed by atoms with Crippen LogP contribution >= 0.6 is 15.9 Å². The average molecular weight is 369 g/mol. The molecule has 0 aromatic heterocycles. The van der Waals surface area contributed by atoms with E-state index in [0.717, 1.165) is 30.2 Å². The molecule has 0 fully saturated rings. The summed E-state index contributed by atoms with van der Waals surface area (Å²) < 4.78 is 25.3. The number of rotatable bonds is 6. The van der Waals surface area contributed by atoms with Gasteiger partial charge in [0.05, 0.1) is 0 Å². The third-order valence-corrected chi connectivity index (χ3v) is 3.83. The zero-order valence-electron chi connectivity index (χ0n) is 13.0. The van der Waals surface area contributed by atoms with Crippen molar-refractivity contribution in [3.05, 3.63) is 71.3 Å². The van der Waals surface area contributed by atoms with Gasteiger partial charge in [-0.05, 0) is 55.0 Å². The van der Waals surface area contributed by atoms with E-state index in [1.165, 1.54) is 36.6 Å². The Labute approximate surface area is 140 Å². The first-order chi connectivity index (χ1) is 10.7. The van der Waals surface area contributed by atoms with Gasteiger partial charge < -0.3 is 0 Å². The molecule has 0 saturated carbocycles. The molecule has 0 N–H and O–H groups in total. The fourth-order valence-corrected chi connectivity index (χ4v) is 2.27. The Kier molecular flexibility index (Phi) is 9.72. The molecule has 3 heteroatoms. The summed E-state index contributed by atoms with van der Waals surface area (Å²) in [6.07, 6.45) is 5.25. The molecule has 0 bridgehead atoms. The summed E-state index contributed by atoms with van der Waals surface area (Å²) in [5.74, 6) is -0.237. The highest BCUT2D eigenvalue weighted by atomic mass is 79.9. The largest absolute Gasteiger partial charge is 0.207 e. The second-order valence-electron chi connectivity index (χ2n) is 5.11. The highest BCUT2D eigenvalue weighted by molar-refractivity contribution is 9.09. The Morgan fingerprint density at radius 2 is 1.55 bits per heavy atom. The Balaban J connectivity index is 0.000000220. The quantitative estimate of drug-likeness (QED) is 0.523. The van der Waals surface area contributed by atoms with Crippen LogP contribution in [0.25, 0.3) is 0 Å². The Hall–Kier alpha value is -1.22. The highest BCUT2D eigenvalue weighted by Gasteiger charge is 1.98. The summed E-state index contributed by atoms with van der Waals surface area (Å²) in [6, 6.07) is 13.7. The van der Waals surface area contributed by atoms with E-state index in [-0.39, 0.29) is 11.6 Å². The van der Waals surface area contributed by atoms with Crippen molar-refractivity contribution >= 4 is 15.9 Å². The fourth-order valence-electron chi connectivity index (χ4n) is 1.99. The Morgan fingerprint density at radius 1 is 0.864 bits per heavy atom. The van der Waals surface area contributed by atoms with E-state index in [4.69, 9.17) is 0 Å². The van der Waals surface area contributed by atoms with Crippen LogP contribution in [-0.2, 0) is 12.8 Å². The monoisotopic (exact) mass is 368 g/mol. The maximum Gasteiger partial charge on any atom is 0.126 e. The number of hydrogen-bond acceptors (Lipinski definition) is 0. The zero-order chi connectivity index (χ0) is 16.2. The van der Waals surface area contributed by atoms with E-state index in [1.54, 1.807) is 6.07 Å².